The van der Waals surface area contributed by atoms with Crippen molar-refractivity contribution >= 4 is 17.6 Å². The van der Waals surface area contributed by atoms with Crippen molar-refractivity contribution in [2.24, 2.45) is 5.92 Å². The number of nitrogens with zero attached hydrogens (tertiary/aromatic N) is 2. The van der Waals surface area contributed by atoms with Gasteiger partial charge in [0, 0.05) is 18.8 Å². The molecule has 1 saturated carbocycles. The van der Waals surface area contributed by atoms with Gasteiger partial charge in [0.05, 0.1) is 12.1 Å². The molecule has 8 nitrogen and oxygen atoms in total. The van der Waals surface area contributed by atoms with E-state index in [4.69, 9.17) is 5.73 Å². The molecule has 8 heteroatoms. The Kier molecular flexibility index (Phi) is 9.05. The Morgan fingerprint density at radius 1 is 1.20 bits per heavy atom. The maximum absolute atomic E-state index is 13.0. The minimum Gasteiger partial charge on any atom is -0.390 e. The predicted octanol–water partition coefficient (Wildman–Crippen LogP) is 1.43. The van der Waals surface area contributed by atoms with Gasteiger partial charge >= 0.3 is 0 Å². The van der Waals surface area contributed by atoms with Crippen LogP contribution in [0.15, 0.2) is 18.3 Å². The number of nitrogen functional groups attached to an aromatic ring is 1. The highest BCUT2D eigenvalue weighted by Crippen LogP contribution is 2.28. The second-order valence-corrected chi connectivity index (χ2v) is 8.62. The van der Waals surface area contributed by atoms with Gasteiger partial charge in [0.2, 0.25) is 11.8 Å². The molecule has 0 aromatic carbocycles. The van der Waals surface area contributed by atoms with Gasteiger partial charge in [-0.05, 0) is 58.2 Å². The standard InChI is InChI=1S/C22H37N5O3/c1-14(2)27(4)15(3)21(29)26-19(20(28)17-8-6-5-7-9-17)22(30)25-13-16-10-11-18(23)24-12-16/h10-12,14-15,17,19-20,28H,5-9,13H2,1-4H3,(H2,23,24)(H,25,30)(H,26,29)/t15-,19+,20?/m0/s1. The highest BCUT2D eigenvalue weighted by Gasteiger charge is 2.36. The summed E-state index contributed by atoms with van der Waals surface area (Å²) in [6, 6.07) is 2.22. The second kappa shape index (κ2) is 11.3. The molecular weight excluding hydrogens is 382 g/mol. The van der Waals surface area contributed by atoms with Crippen molar-refractivity contribution in [3.63, 3.8) is 0 Å². The van der Waals surface area contributed by atoms with Crippen molar-refractivity contribution in [1.82, 2.24) is 20.5 Å². The smallest absolute Gasteiger partial charge is 0.245 e. The zero-order chi connectivity index (χ0) is 22.3. The lowest BCUT2D eigenvalue weighted by molar-refractivity contribution is -0.135. The van der Waals surface area contributed by atoms with Gasteiger partial charge in [0.25, 0.3) is 0 Å². The third kappa shape index (κ3) is 6.67. The summed E-state index contributed by atoms with van der Waals surface area (Å²) in [7, 11) is 1.87. The Balaban J connectivity index is 2.09. The zero-order valence-electron chi connectivity index (χ0n) is 18.6. The first kappa shape index (κ1) is 24.1. The fourth-order valence-electron chi connectivity index (χ4n) is 3.80. The molecule has 0 radical (unpaired) electrons. The van der Waals surface area contributed by atoms with E-state index in [9.17, 15) is 14.7 Å². The highest BCUT2D eigenvalue weighted by atomic mass is 16.3. The summed E-state index contributed by atoms with van der Waals surface area (Å²) < 4.78 is 0. The number of aromatic nitrogens is 1. The van der Waals surface area contributed by atoms with Crippen LogP contribution in [0.25, 0.3) is 0 Å². The number of rotatable bonds is 9. The number of hydrogen-bond donors (Lipinski definition) is 4. The van der Waals surface area contributed by atoms with Crippen LogP contribution in [-0.2, 0) is 16.1 Å². The largest absolute Gasteiger partial charge is 0.390 e. The van der Waals surface area contributed by atoms with Crippen LogP contribution in [0.4, 0.5) is 5.82 Å². The van der Waals surface area contributed by atoms with Crippen LogP contribution in [0.5, 0.6) is 0 Å². The molecule has 1 unspecified atom stereocenters. The minimum absolute atomic E-state index is 0.00567. The number of carbonyl (C=O) groups excluding carboxylic acids is 2. The van der Waals surface area contributed by atoms with Crippen LogP contribution >= 0.6 is 0 Å². The number of aliphatic hydroxyl groups is 1. The molecule has 2 amide bonds. The predicted molar refractivity (Wildman–Crippen MR) is 117 cm³/mol. The third-order valence-corrected chi connectivity index (χ3v) is 6.17. The van der Waals surface area contributed by atoms with Crippen molar-refractivity contribution in [2.45, 2.75) is 83.6 Å². The van der Waals surface area contributed by atoms with Gasteiger partial charge < -0.3 is 21.5 Å². The van der Waals surface area contributed by atoms with Gasteiger partial charge in [0.15, 0.2) is 0 Å². The summed E-state index contributed by atoms with van der Waals surface area (Å²) in [5.74, 6) is -0.245. The molecule has 0 spiro atoms. The first-order valence-electron chi connectivity index (χ1n) is 10.9. The fraction of sp³-hybridized carbons (Fsp3) is 0.682. The summed E-state index contributed by atoms with van der Waals surface area (Å²) >= 11 is 0. The Morgan fingerprint density at radius 2 is 1.87 bits per heavy atom. The number of likely N-dealkylation sites (N-methyl/N-ethyl adjacent to an activating group) is 1. The summed E-state index contributed by atoms with van der Waals surface area (Å²) in [6.45, 7) is 6.06. The summed E-state index contributed by atoms with van der Waals surface area (Å²) in [4.78, 5) is 31.8. The number of aliphatic hydroxyl groups excluding tert-OH is 1. The molecule has 5 N–H and O–H groups in total. The number of nitrogens with two attached hydrogens (primary N) is 1. The average molecular weight is 420 g/mol. The molecule has 1 aliphatic carbocycles. The highest BCUT2D eigenvalue weighted by molar-refractivity contribution is 5.90. The van der Waals surface area contributed by atoms with E-state index in [0.29, 0.717) is 5.82 Å². The van der Waals surface area contributed by atoms with E-state index in [1.165, 1.54) is 0 Å². The number of hydrogen-bond acceptors (Lipinski definition) is 6. The van der Waals surface area contributed by atoms with E-state index in [1.54, 1.807) is 25.3 Å². The first-order chi connectivity index (χ1) is 14.2. The summed E-state index contributed by atoms with van der Waals surface area (Å²) in [5.41, 5.74) is 6.39. The van der Waals surface area contributed by atoms with Crippen molar-refractivity contribution in [3.8, 4) is 0 Å². The van der Waals surface area contributed by atoms with E-state index >= 15 is 0 Å². The van der Waals surface area contributed by atoms with Gasteiger partial charge in [-0.1, -0.05) is 25.3 Å². The molecule has 1 heterocycles. The lowest BCUT2D eigenvalue weighted by Gasteiger charge is -2.34. The number of amides is 2. The van der Waals surface area contributed by atoms with E-state index in [2.05, 4.69) is 15.6 Å². The number of anilines is 1. The molecule has 0 saturated heterocycles. The quantitative estimate of drug-likeness (QED) is 0.481. The van der Waals surface area contributed by atoms with Gasteiger partial charge in [-0.3, -0.25) is 14.5 Å². The lowest BCUT2D eigenvalue weighted by Crippen LogP contribution is -2.58. The fourth-order valence-corrected chi connectivity index (χ4v) is 3.80. The monoisotopic (exact) mass is 419 g/mol. The Bertz CT molecular complexity index is 689. The molecule has 1 aromatic heterocycles. The van der Waals surface area contributed by atoms with Crippen molar-refractivity contribution in [1.29, 1.82) is 0 Å². The van der Waals surface area contributed by atoms with Crippen LogP contribution in [0, 0.1) is 5.92 Å². The minimum atomic E-state index is -0.995. The summed E-state index contributed by atoms with van der Waals surface area (Å²) in [6.07, 6.45) is 5.62. The molecule has 1 fully saturated rings. The molecule has 2 rings (SSSR count). The van der Waals surface area contributed by atoms with Crippen LogP contribution < -0.4 is 16.4 Å². The van der Waals surface area contributed by atoms with Crippen LogP contribution in [0.2, 0.25) is 0 Å². The molecule has 1 aliphatic rings. The lowest BCUT2D eigenvalue weighted by atomic mass is 9.82. The molecule has 0 aliphatic heterocycles. The van der Waals surface area contributed by atoms with Gasteiger partial charge in [0.1, 0.15) is 11.9 Å². The Morgan fingerprint density at radius 3 is 2.43 bits per heavy atom. The molecule has 30 heavy (non-hydrogen) atoms. The Hall–Kier alpha value is -2.19. The topological polar surface area (TPSA) is 121 Å². The van der Waals surface area contributed by atoms with E-state index in [0.717, 1.165) is 37.7 Å². The van der Waals surface area contributed by atoms with Crippen molar-refractivity contribution < 1.29 is 14.7 Å². The van der Waals surface area contributed by atoms with E-state index in [-0.39, 0.29) is 24.4 Å². The molecule has 168 valence electrons. The maximum Gasteiger partial charge on any atom is 0.245 e. The number of pyridine rings is 1. The molecular formula is C22H37N5O3. The van der Waals surface area contributed by atoms with Gasteiger partial charge in [-0.25, -0.2) is 4.98 Å². The average Bonchev–Trinajstić information content (AvgIpc) is 2.75. The summed E-state index contributed by atoms with van der Waals surface area (Å²) in [5, 5.41) is 16.6. The molecule has 0 bridgehead atoms. The van der Waals surface area contributed by atoms with Gasteiger partial charge in [-0.15, -0.1) is 0 Å². The first-order valence-corrected chi connectivity index (χ1v) is 10.9. The zero-order valence-corrected chi connectivity index (χ0v) is 18.6. The number of nitrogens with one attached hydrogen (secondary N) is 2. The Labute approximate surface area is 179 Å². The van der Waals surface area contributed by atoms with Gasteiger partial charge in [-0.2, -0.15) is 0 Å². The SMILES string of the molecule is CC(C)N(C)[C@@H](C)C(=O)N[C@@H](C(=O)NCc1ccc(N)nc1)C(O)C1CCCCC1. The van der Waals surface area contributed by atoms with E-state index in [1.807, 2.05) is 25.8 Å². The number of carbonyl (C=O) groups is 2. The van der Waals surface area contributed by atoms with Crippen molar-refractivity contribution in [3.05, 3.63) is 23.9 Å². The third-order valence-electron chi connectivity index (χ3n) is 6.17. The van der Waals surface area contributed by atoms with Crippen molar-refractivity contribution in [2.75, 3.05) is 12.8 Å². The molecule has 3 atom stereocenters. The maximum atomic E-state index is 13.0. The van der Waals surface area contributed by atoms with E-state index < -0.39 is 24.1 Å². The molecule has 1 aromatic rings. The normalized spacial score (nSPS) is 18.1. The second-order valence-electron chi connectivity index (χ2n) is 8.62. The van der Waals surface area contributed by atoms with Crippen LogP contribution in [0.3, 0.4) is 0 Å². The van der Waals surface area contributed by atoms with Crippen LogP contribution in [-0.4, -0.2) is 58.1 Å². The van der Waals surface area contributed by atoms with Crippen LogP contribution in [0.1, 0.15) is 58.4 Å².